The Labute approximate surface area is 99.9 Å². The largest absolute Gasteiger partial charge is 0.495 e. The lowest BCUT2D eigenvalue weighted by Gasteiger charge is -2.18. The standard InChI is InChI=1S/C12H18BrNO/c1-8-4-5-10(13)12(15-3)11(8)9(2)6-7-14/h4-5,9H,6-7,14H2,1-3H3. The molecular formula is C12H18BrNO. The molecule has 1 atom stereocenters. The zero-order chi connectivity index (χ0) is 11.4. The first-order valence-electron chi connectivity index (χ1n) is 5.14. The minimum absolute atomic E-state index is 0.433. The first-order chi connectivity index (χ1) is 7.11. The second kappa shape index (κ2) is 5.52. The molecule has 0 spiro atoms. The predicted octanol–water partition coefficient (Wildman–Crippen LogP) is 3.22. The fraction of sp³-hybridized carbons (Fsp3) is 0.500. The lowest BCUT2D eigenvalue weighted by Crippen LogP contribution is -2.07. The first kappa shape index (κ1) is 12.5. The van der Waals surface area contributed by atoms with Crippen LogP contribution in [0.5, 0.6) is 5.75 Å². The van der Waals surface area contributed by atoms with Crippen LogP contribution in [-0.4, -0.2) is 13.7 Å². The molecule has 1 aromatic rings. The Balaban J connectivity index is 3.18. The molecule has 0 bridgehead atoms. The van der Waals surface area contributed by atoms with Crippen LogP contribution in [-0.2, 0) is 0 Å². The summed E-state index contributed by atoms with van der Waals surface area (Å²) in [5.41, 5.74) is 8.12. The molecule has 0 saturated heterocycles. The van der Waals surface area contributed by atoms with Crippen molar-refractivity contribution in [2.75, 3.05) is 13.7 Å². The van der Waals surface area contributed by atoms with Crippen LogP contribution in [0.1, 0.15) is 30.4 Å². The van der Waals surface area contributed by atoms with E-state index in [1.165, 1.54) is 11.1 Å². The molecule has 84 valence electrons. The summed E-state index contributed by atoms with van der Waals surface area (Å²) in [5, 5.41) is 0. The molecule has 1 rings (SSSR count). The fourth-order valence-electron chi connectivity index (χ4n) is 1.89. The molecule has 0 aliphatic heterocycles. The first-order valence-corrected chi connectivity index (χ1v) is 5.94. The van der Waals surface area contributed by atoms with Crippen LogP contribution >= 0.6 is 15.9 Å². The number of halogens is 1. The molecule has 0 aliphatic carbocycles. The van der Waals surface area contributed by atoms with Gasteiger partial charge < -0.3 is 10.5 Å². The van der Waals surface area contributed by atoms with Crippen molar-refractivity contribution < 1.29 is 4.74 Å². The quantitative estimate of drug-likeness (QED) is 0.913. The van der Waals surface area contributed by atoms with Crippen molar-refractivity contribution in [3.8, 4) is 5.75 Å². The Morgan fingerprint density at radius 2 is 2.13 bits per heavy atom. The topological polar surface area (TPSA) is 35.2 Å². The average molecular weight is 272 g/mol. The van der Waals surface area contributed by atoms with Crippen LogP contribution < -0.4 is 10.5 Å². The van der Waals surface area contributed by atoms with Gasteiger partial charge in [0, 0.05) is 5.56 Å². The fourth-order valence-corrected chi connectivity index (χ4v) is 2.39. The van der Waals surface area contributed by atoms with Crippen LogP contribution in [0, 0.1) is 6.92 Å². The Morgan fingerprint density at radius 1 is 1.47 bits per heavy atom. The van der Waals surface area contributed by atoms with E-state index in [1.807, 2.05) is 6.07 Å². The maximum Gasteiger partial charge on any atom is 0.136 e. The Morgan fingerprint density at radius 3 is 2.67 bits per heavy atom. The van der Waals surface area contributed by atoms with Gasteiger partial charge in [0.1, 0.15) is 5.75 Å². The van der Waals surface area contributed by atoms with Crippen LogP contribution in [0.15, 0.2) is 16.6 Å². The van der Waals surface area contributed by atoms with E-state index in [9.17, 15) is 0 Å². The summed E-state index contributed by atoms with van der Waals surface area (Å²) in [7, 11) is 1.71. The molecule has 3 heteroatoms. The molecule has 0 aliphatic rings. The lowest BCUT2D eigenvalue weighted by molar-refractivity contribution is 0.402. The van der Waals surface area contributed by atoms with Crippen LogP contribution in [0.3, 0.4) is 0 Å². The van der Waals surface area contributed by atoms with E-state index in [1.54, 1.807) is 7.11 Å². The zero-order valence-corrected chi connectivity index (χ0v) is 11.1. The van der Waals surface area contributed by atoms with Crippen molar-refractivity contribution in [2.24, 2.45) is 5.73 Å². The van der Waals surface area contributed by atoms with E-state index in [-0.39, 0.29) is 0 Å². The second-order valence-corrected chi connectivity index (χ2v) is 4.64. The molecule has 2 N–H and O–H groups in total. The van der Waals surface area contributed by atoms with Gasteiger partial charge in [-0.1, -0.05) is 13.0 Å². The molecule has 1 unspecified atom stereocenters. The number of aryl methyl sites for hydroxylation is 1. The number of ether oxygens (including phenoxy) is 1. The van der Waals surface area contributed by atoms with Gasteiger partial charge in [-0.15, -0.1) is 0 Å². The summed E-state index contributed by atoms with van der Waals surface area (Å²) >= 11 is 3.50. The SMILES string of the molecule is COc1c(Br)ccc(C)c1C(C)CCN. The van der Waals surface area contributed by atoms with Gasteiger partial charge in [0.05, 0.1) is 11.6 Å². The molecule has 0 saturated carbocycles. The molecule has 2 nitrogen and oxygen atoms in total. The highest BCUT2D eigenvalue weighted by atomic mass is 79.9. The summed E-state index contributed by atoms with van der Waals surface area (Å²) < 4.78 is 6.45. The number of benzene rings is 1. The highest BCUT2D eigenvalue weighted by Crippen LogP contribution is 2.37. The third-order valence-electron chi connectivity index (χ3n) is 2.66. The van der Waals surface area contributed by atoms with Crippen molar-refractivity contribution >= 4 is 15.9 Å². The molecular weight excluding hydrogens is 254 g/mol. The molecule has 0 aromatic heterocycles. The minimum atomic E-state index is 0.433. The third-order valence-corrected chi connectivity index (χ3v) is 3.29. The second-order valence-electron chi connectivity index (χ2n) is 3.79. The van der Waals surface area contributed by atoms with Crippen LogP contribution in [0.25, 0.3) is 0 Å². The maximum atomic E-state index is 5.59. The van der Waals surface area contributed by atoms with Gasteiger partial charge in [-0.25, -0.2) is 0 Å². The number of hydrogen-bond acceptors (Lipinski definition) is 2. The van der Waals surface area contributed by atoms with Gasteiger partial charge in [-0.3, -0.25) is 0 Å². The Kier molecular flexibility index (Phi) is 4.61. The summed E-state index contributed by atoms with van der Waals surface area (Å²) in [4.78, 5) is 0. The van der Waals surface area contributed by atoms with Crippen molar-refractivity contribution in [3.05, 3.63) is 27.7 Å². The van der Waals surface area contributed by atoms with Crippen molar-refractivity contribution in [1.82, 2.24) is 0 Å². The van der Waals surface area contributed by atoms with E-state index in [2.05, 4.69) is 35.8 Å². The molecule has 0 radical (unpaired) electrons. The minimum Gasteiger partial charge on any atom is -0.495 e. The van der Waals surface area contributed by atoms with Crippen LogP contribution in [0.4, 0.5) is 0 Å². The summed E-state index contributed by atoms with van der Waals surface area (Å²) in [6.45, 7) is 5.00. The third kappa shape index (κ3) is 2.73. The monoisotopic (exact) mass is 271 g/mol. The number of rotatable bonds is 4. The average Bonchev–Trinajstić information content (AvgIpc) is 2.21. The maximum absolute atomic E-state index is 5.59. The summed E-state index contributed by atoms with van der Waals surface area (Å²) in [6, 6.07) is 4.13. The highest BCUT2D eigenvalue weighted by molar-refractivity contribution is 9.10. The van der Waals surface area contributed by atoms with Gasteiger partial charge in [-0.05, 0) is 53.4 Å². The van der Waals surface area contributed by atoms with E-state index in [0.29, 0.717) is 12.5 Å². The number of methoxy groups -OCH3 is 1. The van der Waals surface area contributed by atoms with Crippen LogP contribution in [0.2, 0.25) is 0 Å². The Hall–Kier alpha value is -0.540. The van der Waals surface area contributed by atoms with E-state index >= 15 is 0 Å². The predicted molar refractivity (Wildman–Crippen MR) is 67.5 cm³/mol. The smallest absolute Gasteiger partial charge is 0.136 e. The van der Waals surface area contributed by atoms with Gasteiger partial charge in [0.15, 0.2) is 0 Å². The normalized spacial score (nSPS) is 12.6. The van der Waals surface area contributed by atoms with Crippen molar-refractivity contribution in [2.45, 2.75) is 26.2 Å². The van der Waals surface area contributed by atoms with Gasteiger partial charge in [0.25, 0.3) is 0 Å². The van der Waals surface area contributed by atoms with E-state index in [0.717, 1.165) is 16.6 Å². The zero-order valence-electron chi connectivity index (χ0n) is 9.51. The van der Waals surface area contributed by atoms with E-state index < -0.39 is 0 Å². The summed E-state index contributed by atoms with van der Waals surface area (Å²) in [5.74, 6) is 1.37. The van der Waals surface area contributed by atoms with Crippen molar-refractivity contribution in [1.29, 1.82) is 0 Å². The Bertz CT molecular complexity index is 339. The van der Waals surface area contributed by atoms with E-state index in [4.69, 9.17) is 10.5 Å². The van der Waals surface area contributed by atoms with Gasteiger partial charge in [-0.2, -0.15) is 0 Å². The molecule has 1 aromatic carbocycles. The molecule has 0 amide bonds. The highest BCUT2D eigenvalue weighted by Gasteiger charge is 2.15. The molecule has 0 fully saturated rings. The van der Waals surface area contributed by atoms with Gasteiger partial charge >= 0.3 is 0 Å². The van der Waals surface area contributed by atoms with Crippen molar-refractivity contribution in [3.63, 3.8) is 0 Å². The summed E-state index contributed by atoms with van der Waals surface area (Å²) in [6.07, 6.45) is 0.980. The molecule has 15 heavy (non-hydrogen) atoms. The van der Waals surface area contributed by atoms with Gasteiger partial charge in [0.2, 0.25) is 0 Å². The number of hydrogen-bond donors (Lipinski definition) is 1. The number of nitrogens with two attached hydrogens (primary N) is 1. The lowest BCUT2D eigenvalue weighted by atomic mass is 9.93. The molecule has 0 heterocycles.